The topological polar surface area (TPSA) is 30.7 Å². The van der Waals surface area contributed by atoms with E-state index in [-0.39, 0.29) is 44.0 Å². The number of fused-ring (bicyclic) bond motifs is 1. The molecule has 0 amide bonds. The summed E-state index contributed by atoms with van der Waals surface area (Å²) in [4.78, 5) is 4.09. The van der Waals surface area contributed by atoms with Crippen LogP contribution in [0.2, 0.25) is 0 Å². The number of nitrogens with zero attached hydrogens (tertiary/aromatic N) is 3. The predicted molar refractivity (Wildman–Crippen MR) is 75.2 cm³/mol. The SMILES string of the molecule is C1=CC[C]([Ti+2][CH]2C(n3cncn3)=Cc3ccccc32)=C1.[Cl-].[Cl-]. The summed E-state index contributed by atoms with van der Waals surface area (Å²) in [5, 5.41) is 4.33. The van der Waals surface area contributed by atoms with Gasteiger partial charge in [0.25, 0.3) is 0 Å². The van der Waals surface area contributed by atoms with Crippen molar-refractivity contribution in [2.24, 2.45) is 0 Å². The van der Waals surface area contributed by atoms with Crippen molar-refractivity contribution in [3.63, 3.8) is 0 Å². The average Bonchev–Trinajstić information content (AvgIpc) is 3.19. The monoisotopic (exact) mass is 365 g/mol. The first kappa shape index (κ1) is 17.2. The van der Waals surface area contributed by atoms with Crippen LogP contribution in [-0.2, 0) is 19.2 Å². The minimum absolute atomic E-state index is 0. The van der Waals surface area contributed by atoms with Gasteiger partial charge in [-0.1, -0.05) is 0 Å². The summed E-state index contributed by atoms with van der Waals surface area (Å²) in [6.45, 7) is 0. The van der Waals surface area contributed by atoms with Gasteiger partial charge < -0.3 is 24.8 Å². The number of benzene rings is 1. The molecule has 3 nitrogen and oxygen atoms in total. The third-order valence-corrected chi connectivity index (χ3v) is 6.25. The van der Waals surface area contributed by atoms with E-state index in [1.165, 1.54) is 16.8 Å². The van der Waals surface area contributed by atoms with Crippen molar-refractivity contribution < 1.29 is 44.0 Å². The van der Waals surface area contributed by atoms with Gasteiger partial charge in [-0.15, -0.1) is 0 Å². The molecule has 2 aromatic rings. The molecule has 0 spiro atoms. The maximum absolute atomic E-state index is 4.33. The number of hydrogen-bond donors (Lipinski definition) is 0. The molecule has 0 N–H and O–H groups in total. The van der Waals surface area contributed by atoms with Crippen molar-refractivity contribution in [2.75, 3.05) is 0 Å². The van der Waals surface area contributed by atoms with Crippen LogP contribution in [0.25, 0.3) is 11.8 Å². The van der Waals surface area contributed by atoms with Crippen LogP contribution < -0.4 is 24.8 Å². The molecule has 1 aromatic heterocycles. The standard InChI is InChI=1S/C11H8N3.C5H5.2ClH.Ti/c1-2-4-10-6-11(5-9(10)3-1)14-8-12-7-13-14;1-2-4-5-3-1;;;/h1-8H;1-3H,4H2;2*1H;/q;;;;+2/p-2. The first-order valence-electron chi connectivity index (χ1n) is 6.69. The Labute approximate surface area is 151 Å². The summed E-state index contributed by atoms with van der Waals surface area (Å²) >= 11 is -0.230. The first-order valence-corrected chi connectivity index (χ1v) is 8.38. The predicted octanol–water partition coefficient (Wildman–Crippen LogP) is -2.73. The fourth-order valence-corrected chi connectivity index (χ4v) is 5.21. The van der Waals surface area contributed by atoms with E-state index in [4.69, 9.17) is 0 Å². The molecule has 2 aliphatic carbocycles. The summed E-state index contributed by atoms with van der Waals surface area (Å²) in [6.07, 6.45) is 13.5. The van der Waals surface area contributed by atoms with Crippen LogP contribution in [0.15, 0.2) is 59.0 Å². The van der Waals surface area contributed by atoms with Gasteiger partial charge in [0.2, 0.25) is 0 Å². The van der Waals surface area contributed by atoms with Gasteiger partial charge in [0.15, 0.2) is 0 Å². The van der Waals surface area contributed by atoms with E-state index < -0.39 is 0 Å². The Morgan fingerprint density at radius 3 is 2.77 bits per heavy atom. The molecule has 1 aromatic carbocycles. The van der Waals surface area contributed by atoms with Crippen LogP contribution in [0.3, 0.4) is 0 Å². The zero-order valence-corrected chi connectivity index (χ0v) is 14.7. The van der Waals surface area contributed by atoms with E-state index in [1.807, 2.05) is 4.68 Å². The van der Waals surface area contributed by atoms with Crippen LogP contribution >= 0.6 is 0 Å². The van der Waals surface area contributed by atoms with E-state index in [9.17, 15) is 0 Å². The fraction of sp³-hybridized carbons (Fsp3) is 0.125. The summed E-state index contributed by atoms with van der Waals surface area (Å²) < 4.78 is 4.04. The van der Waals surface area contributed by atoms with Crippen molar-refractivity contribution in [3.8, 4) is 0 Å². The maximum atomic E-state index is 4.33. The second kappa shape index (κ2) is 7.43. The van der Waals surface area contributed by atoms with Gasteiger partial charge in [0.1, 0.15) is 0 Å². The van der Waals surface area contributed by atoms with Gasteiger partial charge in [-0.3, -0.25) is 0 Å². The fourth-order valence-electron chi connectivity index (χ4n) is 2.74. The molecule has 22 heavy (non-hydrogen) atoms. The zero-order chi connectivity index (χ0) is 13.4. The van der Waals surface area contributed by atoms with Crippen molar-refractivity contribution in [1.29, 1.82) is 0 Å². The molecule has 1 heterocycles. The van der Waals surface area contributed by atoms with E-state index in [0.717, 1.165) is 6.42 Å². The third-order valence-electron chi connectivity index (χ3n) is 3.69. The largest absolute Gasteiger partial charge is 1.00 e. The molecule has 110 valence electrons. The molecule has 2 aliphatic rings. The molecule has 6 heteroatoms. The zero-order valence-electron chi connectivity index (χ0n) is 11.7. The van der Waals surface area contributed by atoms with Crippen molar-refractivity contribution in [1.82, 2.24) is 14.8 Å². The normalized spacial score (nSPS) is 17.7. The van der Waals surface area contributed by atoms with Crippen molar-refractivity contribution >= 4 is 11.8 Å². The van der Waals surface area contributed by atoms with Crippen molar-refractivity contribution in [2.45, 2.75) is 10.6 Å². The summed E-state index contributed by atoms with van der Waals surface area (Å²) in [5.74, 6) is 0. The Bertz CT molecular complexity index is 736. The Hall–Kier alpha value is -1.13. The molecule has 0 aliphatic heterocycles. The number of hydrogen-bond acceptors (Lipinski definition) is 2. The Kier molecular flexibility index (Phi) is 5.82. The summed E-state index contributed by atoms with van der Waals surface area (Å²) in [6, 6.07) is 8.69. The van der Waals surface area contributed by atoms with Crippen LogP contribution in [0.4, 0.5) is 0 Å². The van der Waals surface area contributed by atoms with E-state index in [1.54, 1.807) is 16.5 Å². The number of rotatable bonds is 3. The van der Waals surface area contributed by atoms with Crippen LogP contribution in [0.5, 0.6) is 0 Å². The molecule has 1 atom stereocenters. The molecule has 1 unspecified atom stereocenters. The van der Waals surface area contributed by atoms with Crippen molar-refractivity contribution in [3.05, 3.63) is 70.2 Å². The number of allylic oxidation sites excluding steroid dienone is 5. The summed E-state index contributed by atoms with van der Waals surface area (Å²) in [7, 11) is 0. The Balaban J connectivity index is 0.000000882. The average molecular weight is 366 g/mol. The molecule has 4 rings (SSSR count). The molecule has 0 saturated heterocycles. The van der Waals surface area contributed by atoms with Gasteiger partial charge in [0, 0.05) is 0 Å². The van der Waals surface area contributed by atoms with Gasteiger partial charge >= 0.3 is 126 Å². The van der Waals surface area contributed by atoms with E-state index in [2.05, 4.69) is 58.7 Å². The third kappa shape index (κ3) is 3.13. The van der Waals surface area contributed by atoms with Gasteiger partial charge in [-0.2, -0.15) is 0 Å². The quantitative estimate of drug-likeness (QED) is 0.553. The molecular formula is C16H13Cl2N3Ti. The van der Waals surface area contributed by atoms with Gasteiger partial charge in [-0.05, 0) is 0 Å². The number of aromatic nitrogens is 3. The van der Waals surface area contributed by atoms with Crippen LogP contribution in [0, 0.1) is 0 Å². The van der Waals surface area contributed by atoms with Crippen LogP contribution in [0.1, 0.15) is 21.8 Å². The molecule has 0 saturated carbocycles. The molecule has 0 bridgehead atoms. The number of halogens is 2. The minimum Gasteiger partial charge on any atom is -1.00 e. The maximum Gasteiger partial charge on any atom is -1.00 e. The Morgan fingerprint density at radius 1 is 1.18 bits per heavy atom. The van der Waals surface area contributed by atoms with Crippen LogP contribution in [-0.4, -0.2) is 14.8 Å². The van der Waals surface area contributed by atoms with E-state index in [0.29, 0.717) is 4.22 Å². The second-order valence-corrected chi connectivity index (χ2v) is 7.29. The molecule has 0 radical (unpaired) electrons. The van der Waals surface area contributed by atoms with Gasteiger partial charge in [0.05, 0.1) is 0 Å². The minimum atomic E-state index is -0.230. The molecular weight excluding hydrogens is 353 g/mol. The van der Waals surface area contributed by atoms with E-state index >= 15 is 0 Å². The molecule has 0 fully saturated rings. The summed E-state index contributed by atoms with van der Waals surface area (Å²) in [5.41, 5.74) is 4.06. The Morgan fingerprint density at radius 2 is 2.05 bits per heavy atom. The van der Waals surface area contributed by atoms with Gasteiger partial charge in [-0.25, -0.2) is 0 Å². The second-order valence-electron chi connectivity index (χ2n) is 4.94. The smallest absolute Gasteiger partial charge is 1.00 e. The first-order chi connectivity index (χ1) is 9.92.